The van der Waals surface area contributed by atoms with E-state index in [2.05, 4.69) is 5.10 Å². The Morgan fingerprint density at radius 3 is 2.60 bits per heavy atom. The Balaban J connectivity index is 1.72. The quantitative estimate of drug-likeness (QED) is 0.653. The molecular weight excluding hydrogens is 343 g/mol. The van der Waals surface area contributed by atoms with Gasteiger partial charge in [0.1, 0.15) is 5.82 Å². The summed E-state index contributed by atoms with van der Waals surface area (Å²) >= 11 is 5.49. The number of rotatable bonds is 4. The molecule has 0 atom stereocenters. The lowest BCUT2D eigenvalue weighted by Gasteiger charge is -2.27. The van der Waals surface area contributed by atoms with E-state index in [4.69, 9.17) is 17.0 Å². The predicted molar refractivity (Wildman–Crippen MR) is 92.9 cm³/mol. The van der Waals surface area contributed by atoms with Gasteiger partial charge in [0.25, 0.3) is 0 Å². The third kappa shape index (κ3) is 3.80. The van der Waals surface area contributed by atoms with Crippen LogP contribution in [0.2, 0.25) is 0 Å². The van der Waals surface area contributed by atoms with Gasteiger partial charge in [0.2, 0.25) is 4.77 Å². The van der Waals surface area contributed by atoms with Gasteiger partial charge in [-0.2, -0.15) is 4.68 Å². The molecule has 0 radical (unpaired) electrons. The van der Waals surface area contributed by atoms with Crippen molar-refractivity contribution in [3.8, 4) is 11.4 Å². The van der Waals surface area contributed by atoms with Crippen LogP contribution < -0.4 is 4.90 Å². The molecule has 1 saturated heterocycles. The summed E-state index contributed by atoms with van der Waals surface area (Å²) in [5.41, 5.74) is 0.827. The van der Waals surface area contributed by atoms with E-state index in [0.717, 1.165) is 31.5 Å². The highest BCUT2D eigenvalue weighted by Crippen LogP contribution is 2.17. The summed E-state index contributed by atoms with van der Waals surface area (Å²) in [7, 11) is 3.30. The SMILES string of the molecule is COC(=O)C1CC[NH+](Cn2nc(-c3ccc(F)cc3)n(C)c2=S)CC1. The van der Waals surface area contributed by atoms with Gasteiger partial charge < -0.3 is 14.2 Å². The lowest BCUT2D eigenvalue weighted by molar-refractivity contribution is -0.929. The number of nitrogens with one attached hydrogen (secondary N) is 1. The Morgan fingerprint density at radius 2 is 2.00 bits per heavy atom. The van der Waals surface area contributed by atoms with Gasteiger partial charge in [0.15, 0.2) is 12.5 Å². The maximum Gasteiger partial charge on any atom is 0.309 e. The monoisotopic (exact) mass is 365 g/mol. The smallest absolute Gasteiger partial charge is 0.309 e. The molecule has 1 aromatic heterocycles. The second-order valence-corrected chi connectivity index (χ2v) is 6.74. The first-order valence-corrected chi connectivity index (χ1v) is 8.71. The molecule has 6 nitrogen and oxygen atoms in total. The number of carbonyl (C=O) groups excluding carboxylic acids is 1. The molecule has 1 fully saturated rings. The topological polar surface area (TPSA) is 53.5 Å². The van der Waals surface area contributed by atoms with Crippen molar-refractivity contribution in [2.24, 2.45) is 13.0 Å². The summed E-state index contributed by atoms with van der Waals surface area (Å²) in [5, 5.41) is 4.61. The molecule has 0 amide bonds. The van der Waals surface area contributed by atoms with Gasteiger partial charge in [-0.15, -0.1) is 5.10 Å². The first-order chi connectivity index (χ1) is 12.0. The number of aromatic nitrogens is 3. The van der Waals surface area contributed by atoms with Gasteiger partial charge in [0, 0.05) is 25.5 Å². The summed E-state index contributed by atoms with van der Waals surface area (Å²) in [6, 6.07) is 6.23. The van der Waals surface area contributed by atoms with Crippen LogP contribution in [0.25, 0.3) is 11.4 Å². The second kappa shape index (κ2) is 7.45. The molecule has 0 bridgehead atoms. The molecule has 3 rings (SSSR count). The highest BCUT2D eigenvalue weighted by Gasteiger charge is 2.28. The Bertz CT molecular complexity index is 807. The minimum absolute atomic E-state index is 0.000214. The van der Waals surface area contributed by atoms with Crippen LogP contribution in [0, 0.1) is 16.5 Å². The number of carbonyl (C=O) groups is 1. The molecule has 134 valence electrons. The number of ether oxygens (including phenoxy) is 1. The number of likely N-dealkylation sites (tertiary alicyclic amines) is 1. The number of halogens is 1. The zero-order valence-electron chi connectivity index (χ0n) is 14.4. The van der Waals surface area contributed by atoms with Crippen molar-refractivity contribution in [1.82, 2.24) is 14.3 Å². The van der Waals surface area contributed by atoms with E-state index in [1.165, 1.54) is 24.1 Å². The van der Waals surface area contributed by atoms with E-state index in [-0.39, 0.29) is 17.7 Å². The minimum Gasteiger partial charge on any atom is -0.469 e. The first kappa shape index (κ1) is 17.8. The minimum atomic E-state index is -0.276. The third-order valence-electron chi connectivity index (χ3n) is 4.74. The van der Waals surface area contributed by atoms with Crippen LogP contribution in [0.1, 0.15) is 12.8 Å². The van der Waals surface area contributed by atoms with E-state index in [1.807, 2.05) is 16.3 Å². The van der Waals surface area contributed by atoms with Crippen molar-refractivity contribution in [2.45, 2.75) is 19.5 Å². The summed E-state index contributed by atoms with van der Waals surface area (Å²) in [4.78, 5) is 13.0. The number of benzene rings is 1. The lowest BCUT2D eigenvalue weighted by Crippen LogP contribution is -3.12. The van der Waals surface area contributed by atoms with E-state index < -0.39 is 0 Å². The molecular formula is C17H22FN4O2S+. The standard InChI is InChI=1S/C17H21FN4O2S/c1-20-15(12-3-5-14(18)6-4-12)19-22(17(20)25)11-21-9-7-13(8-10-21)16(23)24-2/h3-6,13H,7-11H2,1-2H3/p+1. The van der Waals surface area contributed by atoms with Crippen molar-refractivity contribution in [3.63, 3.8) is 0 Å². The van der Waals surface area contributed by atoms with Gasteiger partial charge in [-0.3, -0.25) is 4.79 Å². The molecule has 25 heavy (non-hydrogen) atoms. The predicted octanol–water partition coefficient (Wildman–Crippen LogP) is 1.18. The number of piperidine rings is 1. The number of esters is 1. The molecule has 8 heteroatoms. The molecule has 1 N–H and O–H groups in total. The van der Waals surface area contributed by atoms with Gasteiger partial charge >= 0.3 is 5.97 Å². The van der Waals surface area contributed by atoms with Crippen LogP contribution in [-0.2, 0) is 23.2 Å². The van der Waals surface area contributed by atoms with Crippen molar-refractivity contribution in [1.29, 1.82) is 0 Å². The molecule has 1 aliphatic rings. The molecule has 2 heterocycles. The zero-order chi connectivity index (χ0) is 18.0. The maximum atomic E-state index is 13.1. The average Bonchev–Trinajstić information content (AvgIpc) is 2.91. The summed E-state index contributed by atoms with van der Waals surface area (Å²) in [5.74, 6) is 0.323. The number of hydrogen-bond donors (Lipinski definition) is 1. The molecule has 0 spiro atoms. The second-order valence-electron chi connectivity index (χ2n) is 6.38. The number of nitrogens with zero attached hydrogens (tertiary/aromatic N) is 3. The highest BCUT2D eigenvalue weighted by molar-refractivity contribution is 7.71. The Kier molecular flexibility index (Phi) is 5.29. The van der Waals surface area contributed by atoms with Crippen molar-refractivity contribution in [2.75, 3.05) is 20.2 Å². The van der Waals surface area contributed by atoms with E-state index >= 15 is 0 Å². The summed E-state index contributed by atoms with van der Waals surface area (Å²) < 4.78 is 22.2. The lowest BCUT2D eigenvalue weighted by atomic mass is 9.97. The molecule has 1 aliphatic heterocycles. The fourth-order valence-corrected chi connectivity index (χ4v) is 3.43. The molecule has 0 saturated carbocycles. The normalized spacial score (nSPS) is 20.4. The first-order valence-electron chi connectivity index (χ1n) is 8.30. The fraction of sp³-hybridized carbons (Fsp3) is 0.471. The van der Waals surface area contributed by atoms with E-state index in [9.17, 15) is 9.18 Å². The van der Waals surface area contributed by atoms with Gasteiger partial charge in [0.05, 0.1) is 26.1 Å². The fourth-order valence-electron chi connectivity index (χ4n) is 3.24. The van der Waals surface area contributed by atoms with E-state index in [0.29, 0.717) is 17.3 Å². The number of methoxy groups -OCH3 is 1. The summed E-state index contributed by atoms with van der Waals surface area (Å²) in [6.45, 7) is 2.41. The van der Waals surface area contributed by atoms with Crippen LogP contribution in [0.3, 0.4) is 0 Å². The van der Waals surface area contributed by atoms with Crippen LogP contribution in [0.5, 0.6) is 0 Å². The van der Waals surface area contributed by atoms with E-state index in [1.54, 1.807) is 12.1 Å². The van der Waals surface area contributed by atoms with Crippen LogP contribution >= 0.6 is 12.2 Å². The molecule has 2 aromatic rings. The van der Waals surface area contributed by atoms with Crippen LogP contribution in [-0.4, -0.2) is 40.5 Å². The van der Waals surface area contributed by atoms with Crippen molar-refractivity contribution >= 4 is 18.2 Å². The maximum absolute atomic E-state index is 13.1. The third-order valence-corrected chi connectivity index (χ3v) is 5.23. The van der Waals surface area contributed by atoms with Crippen molar-refractivity contribution in [3.05, 3.63) is 34.9 Å². The average molecular weight is 365 g/mol. The van der Waals surface area contributed by atoms with Gasteiger partial charge in [-0.05, 0) is 36.5 Å². The molecule has 1 aromatic carbocycles. The largest absolute Gasteiger partial charge is 0.469 e. The summed E-state index contributed by atoms with van der Waals surface area (Å²) in [6.07, 6.45) is 1.62. The van der Waals surface area contributed by atoms with Gasteiger partial charge in [-0.1, -0.05) is 0 Å². The molecule has 0 unspecified atom stereocenters. The highest BCUT2D eigenvalue weighted by atomic mass is 32.1. The number of hydrogen-bond acceptors (Lipinski definition) is 4. The van der Waals surface area contributed by atoms with Crippen LogP contribution in [0.4, 0.5) is 4.39 Å². The van der Waals surface area contributed by atoms with Crippen LogP contribution in [0.15, 0.2) is 24.3 Å². The zero-order valence-corrected chi connectivity index (χ0v) is 15.2. The Labute approximate surface area is 150 Å². The van der Waals surface area contributed by atoms with Crippen molar-refractivity contribution < 1.29 is 18.8 Å². The Morgan fingerprint density at radius 1 is 1.36 bits per heavy atom. The number of quaternary nitrogens is 1. The molecule has 0 aliphatic carbocycles. The van der Waals surface area contributed by atoms with Gasteiger partial charge in [-0.25, -0.2) is 4.39 Å². The Hall–Kier alpha value is -2.06.